The van der Waals surface area contributed by atoms with Gasteiger partial charge >= 0.3 is 5.97 Å². The molecule has 7 heteroatoms. The van der Waals surface area contributed by atoms with Crippen LogP contribution in [0.2, 0.25) is 0 Å². The second-order valence-electron chi connectivity index (χ2n) is 4.42. The van der Waals surface area contributed by atoms with E-state index >= 15 is 0 Å². The first kappa shape index (κ1) is 13.5. The normalized spacial score (nSPS) is 21.3. The Hall–Kier alpha value is -0.920. The molecule has 0 aliphatic carbocycles. The number of thiophene rings is 1. The van der Waals surface area contributed by atoms with Crippen molar-refractivity contribution in [3.8, 4) is 0 Å². The van der Waals surface area contributed by atoms with Gasteiger partial charge in [-0.3, -0.25) is 4.79 Å². The van der Waals surface area contributed by atoms with Gasteiger partial charge in [0.2, 0.25) is 0 Å². The molecule has 0 radical (unpaired) electrons. The number of aliphatic carboxylic acids is 1. The maximum atomic E-state index is 12.4. The second kappa shape index (κ2) is 4.64. The molecule has 2 rings (SSSR count). The van der Waals surface area contributed by atoms with Crippen LogP contribution in [-0.2, 0) is 14.8 Å². The molecule has 1 aromatic heterocycles. The van der Waals surface area contributed by atoms with Gasteiger partial charge in [-0.2, -0.15) is 4.31 Å². The zero-order chi connectivity index (χ0) is 13.5. The molecule has 5 nitrogen and oxygen atoms in total. The minimum absolute atomic E-state index is 0.241. The largest absolute Gasteiger partial charge is 0.480 e. The van der Waals surface area contributed by atoms with Gasteiger partial charge in [-0.25, -0.2) is 8.42 Å². The number of aryl methyl sites for hydroxylation is 2. The molecule has 0 saturated carbocycles. The average Bonchev–Trinajstić information content (AvgIpc) is 2.87. The Morgan fingerprint density at radius 1 is 1.50 bits per heavy atom. The summed E-state index contributed by atoms with van der Waals surface area (Å²) < 4.78 is 26.1. The van der Waals surface area contributed by atoms with Gasteiger partial charge in [-0.15, -0.1) is 11.3 Å². The molecule has 1 saturated heterocycles. The molecule has 0 bridgehead atoms. The third-order valence-electron chi connectivity index (χ3n) is 3.20. The lowest BCUT2D eigenvalue weighted by Gasteiger charge is -2.19. The fourth-order valence-corrected chi connectivity index (χ4v) is 5.35. The molecular formula is C11H15NO4S2. The van der Waals surface area contributed by atoms with Crippen LogP contribution in [0.25, 0.3) is 0 Å². The lowest BCUT2D eigenvalue weighted by molar-refractivity contribution is -0.140. The average molecular weight is 289 g/mol. The van der Waals surface area contributed by atoms with Crippen molar-refractivity contribution in [1.82, 2.24) is 4.31 Å². The summed E-state index contributed by atoms with van der Waals surface area (Å²) in [6.07, 6.45) is 0.984. The van der Waals surface area contributed by atoms with E-state index in [0.29, 0.717) is 12.8 Å². The van der Waals surface area contributed by atoms with Gasteiger partial charge in [0.1, 0.15) is 10.3 Å². The number of carboxylic acid groups (broad SMARTS) is 1. The third kappa shape index (κ3) is 2.17. The standard InChI is InChI=1S/C11H15NO4S2/c1-7-6-10(17-8(7)2)18(15,16)12-5-3-4-9(12)11(13)14/h6,9H,3-5H2,1-2H3,(H,13,14)/t9-/m0/s1. The monoisotopic (exact) mass is 289 g/mol. The Bertz CT molecular complexity index is 556. The number of hydrogen-bond donors (Lipinski definition) is 1. The summed E-state index contributed by atoms with van der Waals surface area (Å²) in [4.78, 5) is 12.0. The van der Waals surface area contributed by atoms with E-state index in [4.69, 9.17) is 5.11 Å². The van der Waals surface area contributed by atoms with Crippen molar-refractivity contribution in [2.45, 2.75) is 36.9 Å². The van der Waals surface area contributed by atoms with Gasteiger partial charge in [0.15, 0.2) is 0 Å². The summed E-state index contributed by atoms with van der Waals surface area (Å²) in [5.41, 5.74) is 0.921. The van der Waals surface area contributed by atoms with Crippen molar-refractivity contribution < 1.29 is 18.3 Å². The predicted molar refractivity (Wildman–Crippen MR) is 68.3 cm³/mol. The van der Waals surface area contributed by atoms with E-state index < -0.39 is 22.0 Å². The van der Waals surface area contributed by atoms with E-state index in [0.717, 1.165) is 14.7 Å². The molecule has 1 fully saturated rings. The van der Waals surface area contributed by atoms with Crippen LogP contribution in [0.15, 0.2) is 10.3 Å². The quantitative estimate of drug-likeness (QED) is 0.917. The molecule has 18 heavy (non-hydrogen) atoms. The van der Waals surface area contributed by atoms with Crippen LogP contribution in [0.3, 0.4) is 0 Å². The van der Waals surface area contributed by atoms with Crippen molar-refractivity contribution in [2.75, 3.05) is 6.54 Å². The van der Waals surface area contributed by atoms with Gasteiger partial charge in [0.25, 0.3) is 10.0 Å². The van der Waals surface area contributed by atoms with Crippen molar-refractivity contribution in [3.63, 3.8) is 0 Å². The van der Waals surface area contributed by atoms with Crippen LogP contribution < -0.4 is 0 Å². The molecule has 1 N–H and O–H groups in total. The summed E-state index contributed by atoms with van der Waals surface area (Å²) in [5.74, 6) is -1.07. The first-order valence-electron chi connectivity index (χ1n) is 5.65. The van der Waals surface area contributed by atoms with E-state index in [9.17, 15) is 13.2 Å². The molecule has 1 aliphatic rings. The highest BCUT2D eigenvalue weighted by Crippen LogP contribution is 2.31. The zero-order valence-corrected chi connectivity index (χ0v) is 11.8. The van der Waals surface area contributed by atoms with Gasteiger partial charge in [0, 0.05) is 11.4 Å². The number of hydrogen-bond acceptors (Lipinski definition) is 4. The molecule has 1 atom stereocenters. The van der Waals surface area contributed by atoms with E-state index in [2.05, 4.69) is 0 Å². The Morgan fingerprint density at radius 2 is 2.17 bits per heavy atom. The lowest BCUT2D eigenvalue weighted by Crippen LogP contribution is -2.40. The molecule has 0 amide bonds. The van der Waals surface area contributed by atoms with Crippen LogP contribution in [-0.4, -0.2) is 36.4 Å². The van der Waals surface area contributed by atoms with E-state index in [1.54, 1.807) is 6.07 Å². The van der Waals surface area contributed by atoms with E-state index in [1.165, 1.54) is 11.3 Å². The Kier molecular flexibility index (Phi) is 3.48. The second-order valence-corrected chi connectivity index (χ2v) is 7.79. The van der Waals surface area contributed by atoms with Crippen LogP contribution in [0.4, 0.5) is 0 Å². The number of nitrogens with zero attached hydrogens (tertiary/aromatic N) is 1. The number of rotatable bonds is 3. The topological polar surface area (TPSA) is 74.7 Å². The van der Waals surface area contributed by atoms with Crippen molar-refractivity contribution in [3.05, 3.63) is 16.5 Å². The van der Waals surface area contributed by atoms with Gasteiger partial charge in [-0.05, 0) is 38.3 Å². The molecule has 0 unspecified atom stereocenters. The van der Waals surface area contributed by atoms with Crippen molar-refractivity contribution in [1.29, 1.82) is 0 Å². The van der Waals surface area contributed by atoms with Crippen LogP contribution in [0, 0.1) is 13.8 Å². The summed E-state index contributed by atoms with van der Waals surface area (Å²) in [6, 6.07) is 0.699. The molecule has 1 aromatic rings. The third-order valence-corrected chi connectivity index (χ3v) is 6.70. The molecule has 0 aromatic carbocycles. The Morgan fingerprint density at radius 3 is 2.67 bits per heavy atom. The lowest BCUT2D eigenvalue weighted by atomic mass is 10.2. The molecular weight excluding hydrogens is 274 g/mol. The number of carbonyl (C=O) groups is 1. The predicted octanol–water partition coefficient (Wildman–Crippen LogP) is 1.60. The van der Waals surface area contributed by atoms with Crippen molar-refractivity contribution in [2.24, 2.45) is 0 Å². The first-order valence-corrected chi connectivity index (χ1v) is 7.91. The highest BCUT2D eigenvalue weighted by atomic mass is 32.2. The number of sulfonamides is 1. The van der Waals surface area contributed by atoms with Crippen LogP contribution in [0.1, 0.15) is 23.3 Å². The summed E-state index contributed by atoms with van der Waals surface area (Å²) in [6.45, 7) is 4.00. The van der Waals surface area contributed by atoms with Gasteiger partial charge in [0.05, 0.1) is 0 Å². The van der Waals surface area contributed by atoms with Gasteiger partial charge in [-0.1, -0.05) is 0 Å². The summed E-state index contributed by atoms with van der Waals surface area (Å²) in [7, 11) is -3.66. The summed E-state index contributed by atoms with van der Waals surface area (Å²) >= 11 is 1.20. The molecule has 100 valence electrons. The smallest absolute Gasteiger partial charge is 0.322 e. The molecule has 2 heterocycles. The maximum absolute atomic E-state index is 12.4. The zero-order valence-electron chi connectivity index (χ0n) is 10.2. The SMILES string of the molecule is Cc1cc(S(=O)(=O)N2CCC[C@H]2C(=O)O)sc1C. The fourth-order valence-electron chi connectivity index (χ4n) is 2.06. The van der Waals surface area contributed by atoms with Crippen LogP contribution >= 0.6 is 11.3 Å². The van der Waals surface area contributed by atoms with E-state index in [1.807, 2.05) is 13.8 Å². The molecule has 1 aliphatic heterocycles. The molecule has 0 spiro atoms. The highest BCUT2D eigenvalue weighted by molar-refractivity contribution is 7.91. The fraction of sp³-hybridized carbons (Fsp3) is 0.545. The number of carboxylic acids is 1. The van der Waals surface area contributed by atoms with Crippen LogP contribution in [0.5, 0.6) is 0 Å². The maximum Gasteiger partial charge on any atom is 0.322 e. The van der Waals surface area contributed by atoms with Crippen molar-refractivity contribution >= 4 is 27.3 Å². The summed E-state index contributed by atoms with van der Waals surface area (Å²) in [5, 5.41) is 9.05. The minimum atomic E-state index is -3.66. The Balaban J connectivity index is 2.39. The highest BCUT2D eigenvalue weighted by Gasteiger charge is 2.40. The Labute approximate surface area is 110 Å². The first-order chi connectivity index (χ1) is 8.34. The van der Waals surface area contributed by atoms with Gasteiger partial charge < -0.3 is 5.11 Å². The van der Waals surface area contributed by atoms with E-state index in [-0.39, 0.29) is 10.8 Å². The minimum Gasteiger partial charge on any atom is -0.480 e.